The lowest BCUT2D eigenvalue weighted by molar-refractivity contribution is 0.0721. The van der Waals surface area contributed by atoms with Gasteiger partial charge in [-0.15, -0.1) is 0 Å². The van der Waals surface area contributed by atoms with E-state index in [1.807, 2.05) is 23.4 Å². The first-order valence-corrected chi connectivity index (χ1v) is 8.94. The Morgan fingerprint density at radius 2 is 2.08 bits per heavy atom. The number of aryl methyl sites for hydroxylation is 3. The van der Waals surface area contributed by atoms with Gasteiger partial charge in [0.2, 0.25) is 5.89 Å². The number of nitrogens with zero attached hydrogens (tertiary/aromatic N) is 6. The summed E-state index contributed by atoms with van der Waals surface area (Å²) in [7, 11) is 0. The molecule has 0 fully saturated rings. The van der Waals surface area contributed by atoms with Gasteiger partial charge in [0.25, 0.3) is 5.91 Å². The quantitative estimate of drug-likeness (QED) is 0.718. The van der Waals surface area contributed by atoms with Gasteiger partial charge >= 0.3 is 0 Å². The summed E-state index contributed by atoms with van der Waals surface area (Å²) >= 11 is 0. The van der Waals surface area contributed by atoms with Crippen molar-refractivity contribution in [3.8, 4) is 11.6 Å². The molecular weight excluding hydrogens is 332 g/mol. The molecule has 1 amide bonds. The summed E-state index contributed by atoms with van der Waals surface area (Å²) in [6.45, 7) is 8.51. The molecule has 0 N–H and O–H groups in total. The third-order valence-electron chi connectivity index (χ3n) is 4.78. The van der Waals surface area contributed by atoms with E-state index in [9.17, 15) is 4.79 Å². The van der Waals surface area contributed by atoms with Crippen LogP contribution < -0.4 is 0 Å². The number of hydrogen-bond acceptors (Lipinski definition) is 5. The van der Waals surface area contributed by atoms with Crippen molar-refractivity contribution in [3.63, 3.8) is 0 Å². The van der Waals surface area contributed by atoms with Crippen molar-refractivity contribution >= 4 is 5.91 Å². The predicted octanol–water partition coefficient (Wildman–Crippen LogP) is 2.28. The van der Waals surface area contributed by atoms with E-state index in [4.69, 9.17) is 4.42 Å². The highest BCUT2D eigenvalue weighted by molar-refractivity contribution is 5.92. The second-order valence-electron chi connectivity index (χ2n) is 6.37. The van der Waals surface area contributed by atoms with Crippen molar-refractivity contribution in [1.29, 1.82) is 0 Å². The Bertz CT molecular complexity index is 951. The summed E-state index contributed by atoms with van der Waals surface area (Å²) < 4.78 is 9.41. The van der Waals surface area contributed by atoms with Crippen molar-refractivity contribution < 1.29 is 9.21 Å². The van der Waals surface area contributed by atoms with Crippen molar-refractivity contribution in [1.82, 2.24) is 29.4 Å². The lowest BCUT2D eigenvalue weighted by Crippen LogP contribution is -2.37. The largest absolute Gasteiger partial charge is 0.440 e. The zero-order chi connectivity index (χ0) is 18.3. The molecule has 0 saturated carbocycles. The Kier molecular flexibility index (Phi) is 4.10. The van der Waals surface area contributed by atoms with Crippen LogP contribution in [-0.2, 0) is 26.1 Å². The maximum absolute atomic E-state index is 13.0. The molecule has 0 aromatic carbocycles. The molecule has 0 spiro atoms. The van der Waals surface area contributed by atoms with Gasteiger partial charge in [-0.3, -0.25) is 14.2 Å². The standard InChI is InChI=1S/C18H22N6O2/c1-4-23-15(6-8-20-23)18(25)22-9-7-14-13(11-22)16(21-24(14)5-2)17-19-10-12(3)26-17/h6,8,10H,4-5,7,9,11H2,1-3H3. The first kappa shape index (κ1) is 16.6. The van der Waals surface area contributed by atoms with Gasteiger partial charge in [0.05, 0.1) is 12.7 Å². The van der Waals surface area contributed by atoms with Crippen molar-refractivity contribution in [2.75, 3.05) is 6.54 Å². The van der Waals surface area contributed by atoms with Gasteiger partial charge in [0.1, 0.15) is 11.5 Å². The van der Waals surface area contributed by atoms with E-state index < -0.39 is 0 Å². The number of aromatic nitrogens is 5. The molecule has 1 aliphatic heterocycles. The van der Waals surface area contributed by atoms with E-state index in [1.54, 1.807) is 23.1 Å². The molecule has 4 rings (SSSR count). The van der Waals surface area contributed by atoms with Crippen LogP contribution in [0.2, 0.25) is 0 Å². The molecule has 4 heterocycles. The highest BCUT2D eigenvalue weighted by Gasteiger charge is 2.30. The Morgan fingerprint density at radius 3 is 2.77 bits per heavy atom. The molecule has 3 aromatic heterocycles. The van der Waals surface area contributed by atoms with Gasteiger partial charge in [0, 0.05) is 43.5 Å². The molecule has 0 bridgehead atoms. The topological polar surface area (TPSA) is 82.0 Å². The number of rotatable bonds is 4. The van der Waals surface area contributed by atoms with Crippen molar-refractivity contribution in [3.05, 3.63) is 41.2 Å². The number of oxazole rings is 1. The fraction of sp³-hybridized carbons (Fsp3) is 0.444. The van der Waals surface area contributed by atoms with E-state index in [2.05, 4.69) is 22.1 Å². The van der Waals surface area contributed by atoms with Crippen LogP contribution >= 0.6 is 0 Å². The third-order valence-corrected chi connectivity index (χ3v) is 4.78. The predicted molar refractivity (Wildman–Crippen MR) is 94.5 cm³/mol. The van der Waals surface area contributed by atoms with Crippen LogP contribution in [0.1, 0.15) is 41.4 Å². The molecule has 8 heteroatoms. The zero-order valence-corrected chi connectivity index (χ0v) is 15.3. The summed E-state index contributed by atoms with van der Waals surface area (Å²) in [5.74, 6) is 1.25. The van der Waals surface area contributed by atoms with Gasteiger partial charge in [-0.1, -0.05) is 0 Å². The third kappa shape index (κ3) is 2.61. The minimum atomic E-state index is -0.00576. The number of carbonyl (C=O) groups excluding carboxylic acids is 1. The smallest absolute Gasteiger partial charge is 0.272 e. The second-order valence-corrected chi connectivity index (χ2v) is 6.37. The number of hydrogen-bond donors (Lipinski definition) is 0. The summed E-state index contributed by atoms with van der Waals surface area (Å²) in [5, 5.41) is 8.90. The van der Waals surface area contributed by atoms with Crippen LogP contribution in [0.3, 0.4) is 0 Å². The molecule has 0 radical (unpaired) electrons. The highest BCUT2D eigenvalue weighted by Crippen LogP contribution is 2.30. The average molecular weight is 354 g/mol. The molecule has 136 valence electrons. The van der Waals surface area contributed by atoms with E-state index in [1.165, 1.54) is 0 Å². The van der Waals surface area contributed by atoms with E-state index in [0.717, 1.165) is 35.7 Å². The monoisotopic (exact) mass is 354 g/mol. The normalized spacial score (nSPS) is 13.9. The van der Waals surface area contributed by atoms with Crippen molar-refractivity contribution in [2.24, 2.45) is 0 Å². The zero-order valence-electron chi connectivity index (χ0n) is 15.3. The Balaban J connectivity index is 1.69. The fourth-order valence-corrected chi connectivity index (χ4v) is 3.49. The van der Waals surface area contributed by atoms with Crippen LogP contribution in [-0.4, -0.2) is 41.9 Å². The maximum Gasteiger partial charge on any atom is 0.272 e. The fourth-order valence-electron chi connectivity index (χ4n) is 3.49. The molecule has 0 atom stereocenters. The summed E-state index contributed by atoms with van der Waals surface area (Å²) in [4.78, 5) is 19.2. The first-order chi connectivity index (χ1) is 12.6. The van der Waals surface area contributed by atoms with Crippen molar-refractivity contribution in [2.45, 2.75) is 46.8 Å². The number of fused-ring (bicyclic) bond motifs is 1. The summed E-state index contributed by atoms with van der Waals surface area (Å²) in [6.07, 6.45) is 4.13. The lowest BCUT2D eigenvalue weighted by atomic mass is 10.0. The Labute approximate surface area is 151 Å². The summed E-state index contributed by atoms with van der Waals surface area (Å²) in [5.41, 5.74) is 3.53. The second kappa shape index (κ2) is 6.44. The number of amides is 1. The SMILES string of the molecule is CCn1nccc1C(=O)N1CCc2c(c(-c3ncc(C)o3)nn2CC)C1. The van der Waals surface area contributed by atoms with E-state index in [0.29, 0.717) is 31.2 Å². The Hall–Kier alpha value is -2.90. The van der Waals surface area contributed by atoms with Gasteiger partial charge in [-0.25, -0.2) is 4.98 Å². The lowest BCUT2D eigenvalue weighted by Gasteiger charge is -2.27. The minimum Gasteiger partial charge on any atom is -0.440 e. The maximum atomic E-state index is 13.0. The average Bonchev–Trinajstić information content (AvgIpc) is 3.37. The molecule has 0 aliphatic carbocycles. The summed E-state index contributed by atoms with van der Waals surface area (Å²) in [6, 6.07) is 1.77. The highest BCUT2D eigenvalue weighted by atomic mass is 16.4. The number of carbonyl (C=O) groups is 1. The molecular formula is C18H22N6O2. The van der Waals surface area contributed by atoms with Gasteiger partial charge in [-0.2, -0.15) is 10.2 Å². The van der Waals surface area contributed by atoms with E-state index >= 15 is 0 Å². The first-order valence-electron chi connectivity index (χ1n) is 8.94. The van der Waals surface area contributed by atoms with E-state index in [-0.39, 0.29) is 5.91 Å². The van der Waals surface area contributed by atoms with Crippen LogP contribution in [0, 0.1) is 6.92 Å². The van der Waals surface area contributed by atoms with Gasteiger partial charge in [-0.05, 0) is 26.8 Å². The molecule has 0 saturated heterocycles. The Morgan fingerprint density at radius 1 is 1.27 bits per heavy atom. The van der Waals surface area contributed by atoms with Crippen LogP contribution in [0.15, 0.2) is 22.9 Å². The van der Waals surface area contributed by atoms with Gasteiger partial charge < -0.3 is 9.32 Å². The molecule has 1 aliphatic rings. The minimum absolute atomic E-state index is 0.00576. The van der Waals surface area contributed by atoms with Gasteiger partial charge in [0.15, 0.2) is 5.69 Å². The van der Waals surface area contributed by atoms with Crippen LogP contribution in [0.25, 0.3) is 11.6 Å². The molecule has 0 unspecified atom stereocenters. The molecule has 8 nitrogen and oxygen atoms in total. The molecule has 3 aromatic rings. The van der Waals surface area contributed by atoms with Crippen LogP contribution in [0.4, 0.5) is 0 Å². The molecule has 26 heavy (non-hydrogen) atoms. The van der Waals surface area contributed by atoms with Crippen LogP contribution in [0.5, 0.6) is 0 Å².